The number of carbonyl (C=O) groups excluding carboxylic acids is 1. The molecule has 1 aliphatic carbocycles. The number of hydrogen-bond donors (Lipinski definition) is 0. The van der Waals surface area contributed by atoms with E-state index >= 15 is 0 Å². The maximum Gasteiger partial charge on any atom is 0.223 e. The van der Waals surface area contributed by atoms with Crippen molar-refractivity contribution in [3.8, 4) is 0 Å². The maximum atomic E-state index is 12.6. The fraction of sp³-hybridized carbons (Fsp3) is 0.611. The zero-order valence-corrected chi connectivity index (χ0v) is 12.9. The molecule has 0 spiro atoms. The molecule has 3 nitrogen and oxygen atoms in total. The van der Waals surface area contributed by atoms with Gasteiger partial charge < -0.3 is 9.64 Å². The van der Waals surface area contributed by atoms with Crippen LogP contribution < -0.4 is 0 Å². The van der Waals surface area contributed by atoms with Gasteiger partial charge in [0.15, 0.2) is 0 Å². The van der Waals surface area contributed by atoms with Crippen molar-refractivity contribution in [2.45, 2.75) is 45.1 Å². The van der Waals surface area contributed by atoms with Gasteiger partial charge in [0.25, 0.3) is 0 Å². The lowest BCUT2D eigenvalue weighted by Gasteiger charge is -2.25. The van der Waals surface area contributed by atoms with Crippen molar-refractivity contribution in [1.82, 2.24) is 4.90 Å². The second-order valence-corrected chi connectivity index (χ2v) is 6.29. The SMILES string of the molecule is CCOC[C@@H]1CCCN1C(=O)CC1Cc2ccccc2C1. The van der Waals surface area contributed by atoms with Crippen LogP contribution in [0.2, 0.25) is 0 Å². The van der Waals surface area contributed by atoms with Crippen molar-refractivity contribution in [3.63, 3.8) is 0 Å². The molecule has 0 aromatic heterocycles. The molecule has 1 amide bonds. The maximum absolute atomic E-state index is 12.6. The first-order valence-electron chi connectivity index (χ1n) is 8.22. The predicted octanol–water partition coefficient (Wildman–Crippen LogP) is 2.82. The van der Waals surface area contributed by atoms with Crippen LogP contribution in [-0.4, -0.2) is 36.6 Å². The number of amides is 1. The quantitative estimate of drug-likeness (QED) is 0.833. The Morgan fingerprint density at radius 2 is 2.00 bits per heavy atom. The van der Waals surface area contributed by atoms with Crippen LogP contribution in [0.5, 0.6) is 0 Å². The Labute approximate surface area is 127 Å². The highest BCUT2D eigenvalue weighted by molar-refractivity contribution is 5.77. The molecule has 0 N–H and O–H groups in total. The van der Waals surface area contributed by atoms with Crippen molar-refractivity contribution < 1.29 is 9.53 Å². The topological polar surface area (TPSA) is 29.5 Å². The summed E-state index contributed by atoms with van der Waals surface area (Å²) >= 11 is 0. The Bertz CT molecular complexity index is 475. The summed E-state index contributed by atoms with van der Waals surface area (Å²) in [4.78, 5) is 14.7. The van der Waals surface area contributed by atoms with Gasteiger partial charge in [0.2, 0.25) is 5.91 Å². The van der Waals surface area contributed by atoms with E-state index in [1.54, 1.807) is 0 Å². The molecule has 1 aromatic rings. The van der Waals surface area contributed by atoms with E-state index in [1.807, 2.05) is 6.92 Å². The monoisotopic (exact) mass is 287 g/mol. The van der Waals surface area contributed by atoms with Gasteiger partial charge in [-0.1, -0.05) is 24.3 Å². The van der Waals surface area contributed by atoms with Crippen molar-refractivity contribution in [2.24, 2.45) is 5.92 Å². The standard InChI is InChI=1S/C18H25NO2/c1-2-21-13-17-8-5-9-19(17)18(20)12-14-10-15-6-3-4-7-16(15)11-14/h3-4,6-7,14,17H,2,5,8-13H2,1H3/t17-/m0/s1. The average Bonchev–Trinajstić information content (AvgIpc) is 3.10. The third kappa shape index (κ3) is 3.29. The Morgan fingerprint density at radius 3 is 2.67 bits per heavy atom. The van der Waals surface area contributed by atoms with Crippen LogP contribution in [0.4, 0.5) is 0 Å². The number of hydrogen-bond acceptors (Lipinski definition) is 2. The van der Waals surface area contributed by atoms with Crippen LogP contribution in [0.3, 0.4) is 0 Å². The Balaban J connectivity index is 1.55. The number of fused-ring (bicyclic) bond motifs is 1. The zero-order chi connectivity index (χ0) is 14.7. The summed E-state index contributed by atoms with van der Waals surface area (Å²) in [6, 6.07) is 8.91. The molecule has 3 rings (SSSR count). The van der Waals surface area contributed by atoms with Crippen LogP contribution in [0, 0.1) is 5.92 Å². The molecule has 3 heteroatoms. The van der Waals surface area contributed by atoms with E-state index in [4.69, 9.17) is 4.74 Å². The number of ether oxygens (including phenoxy) is 1. The minimum absolute atomic E-state index is 0.307. The minimum atomic E-state index is 0.307. The molecule has 1 heterocycles. The van der Waals surface area contributed by atoms with Crippen molar-refractivity contribution >= 4 is 5.91 Å². The molecule has 0 saturated carbocycles. The second kappa shape index (κ2) is 6.61. The first-order chi connectivity index (χ1) is 10.3. The lowest BCUT2D eigenvalue weighted by Crippen LogP contribution is -2.39. The molecule has 21 heavy (non-hydrogen) atoms. The molecule has 0 unspecified atom stereocenters. The summed E-state index contributed by atoms with van der Waals surface area (Å²) in [5.41, 5.74) is 2.87. The highest BCUT2D eigenvalue weighted by Crippen LogP contribution is 2.30. The van der Waals surface area contributed by atoms with Crippen molar-refractivity contribution in [1.29, 1.82) is 0 Å². The fourth-order valence-corrected chi connectivity index (χ4v) is 3.75. The normalized spacial score (nSPS) is 21.8. The van der Waals surface area contributed by atoms with E-state index in [1.165, 1.54) is 11.1 Å². The van der Waals surface area contributed by atoms with E-state index in [-0.39, 0.29) is 0 Å². The Kier molecular flexibility index (Phi) is 4.59. The van der Waals surface area contributed by atoms with Crippen LogP contribution in [0.15, 0.2) is 24.3 Å². The molecule has 1 fully saturated rings. The first-order valence-corrected chi connectivity index (χ1v) is 8.22. The third-order valence-corrected chi connectivity index (χ3v) is 4.81. The zero-order valence-electron chi connectivity index (χ0n) is 12.9. The number of carbonyl (C=O) groups is 1. The van der Waals surface area contributed by atoms with E-state index in [9.17, 15) is 4.79 Å². The number of likely N-dealkylation sites (tertiary alicyclic amines) is 1. The van der Waals surface area contributed by atoms with Crippen LogP contribution in [0.1, 0.15) is 37.3 Å². The summed E-state index contributed by atoms with van der Waals surface area (Å²) in [6.07, 6.45) is 5.03. The molecule has 0 bridgehead atoms. The smallest absolute Gasteiger partial charge is 0.223 e. The summed E-state index contributed by atoms with van der Waals surface area (Å²) in [5.74, 6) is 0.818. The molecule has 1 aliphatic heterocycles. The average molecular weight is 287 g/mol. The summed E-state index contributed by atoms with van der Waals surface area (Å²) in [7, 11) is 0. The largest absolute Gasteiger partial charge is 0.380 e. The molecular formula is C18H25NO2. The van der Waals surface area contributed by atoms with Gasteiger partial charge in [-0.25, -0.2) is 0 Å². The summed E-state index contributed by atoms with van der Waals surface area (Å²) in [5, 5.41) is 0. The Morgan fingerprint density at radius 1 is 1.29 bits per heavy atom. The highest BCUT2D eigenvalue weighted by Gasteiger charge is 2.31. The number of nitrogens with zero attached hydrogens (tertiary/aromatic N) is 1. The van der Waals surface area contributed by atoms with Crippen LogP contribution >= 0.6 is 0 Å². The van der Waals surface area contributed by atoms with E-state index in [0.717, 1.165) is 38.8 Å². The molecular weight excluding hydrogens is 262 g/mol. The predicted molar refractivity (Wildman–Crippen MR) is 83.2 cm³/mol. The van der Waals surface area contributed by atoms with Crippen LogP contribution in [0.25, 0.3) is 0 Å². The second-order valence-electron chi connectivity index (χ2n) is 6.29. The third-order valence-electron chi connectivity index (χ3n) is 4.81. The van der Waals surface area contributed by atoms with Crippen molar-refractivity contribution in [3.05, 3.63) is 35.4 Å². The first kappa shape index (κ1) is 14.6. The van der Waals surface area contributed by atoms with Gasteiger partial charge in [-0.05, 0) is 49.7 Å². The number of rotatable bonds is 5. The minimum Gasteiger partial charge on any atom is -0.380 e. The number of benzene rings is 1. The lowest BCUT2D eigenvalue weighted by molar-refractivity contribution is -0.134. The molecule has 1 aromatic carbocycles. The van der Waals surface area contributed by atoms with E-state index in [2.05, 4.69) is 29.2 Å². The van der Waals surface area contributed by atoms with E-state index < -0.39 is 0 Å². The molecule has 1 saturated heterocycles. The molecule has 114 valence electrons. The van der Waals surface area contributed by atoms with Gasteiger partial charge in [-0.15, -0.1) is 0 Å². The van der Waals surface area contributed by atoms with Gasteiger partial charge in [0.05, 0.1) is 12.6 Å². The van der Waals surface area contributed by atoms with Gasteiger partial charge in [-0.2, -0.15) is 0 Å². The van der Waals surface area contributed by atoms with Gasteiger partial charge >= 0.3 is 0 Å². The van der Waals surface area contributed by atoms with Gasteiger partial charge in [0.1, 0.15) is 0 Å². The molecule has 0 radical (unpaired) electrons. The van der Waals surface area contributed by atoms with Gasteiger partial charge in [-0.3, -0.25) is 4.79 Å². The van der Waals surface area contributed by atoms with E-state index in [0.29, 0.717) is 30.9 Å². The lowest BCUT2D eigenvalue weighted by atomic mass is 10.0. The Hall–Kier alpha value is -1.35. The molecule has 1 atom stereocenters. The fourth-order valence-electron chi connectivity index (χ4n) is 3.75. The van der Waals surface area contributed by atoms with Crippen LogP contribution in [-0.2, 0) is 22.4 Å². The summed E-state index contributed by atoms with van der Waals surface area (Å²) in [6.45, 7) is 4.36. The summed E-state index contributed by atoms with van der Waals surface area (Å²) < 4.78 is 5.52. The highest BCUT2D eigenvalue weighted by atomic mass is 16.5. The van der Waals surface area contributed by atoms with Crippen molar-refractivity contribution in [2.75, 3.05) is 19.8 Å². The molecule has 2 aliphatic rings. The van der Waals surface area contributed by atoms with Gasteiger partial charge in [0, 0.05) is 19.6 Å².